The maximum atomic E-state index is 9.01. The minimum absolute atomic E-state index is 0.186. The molecule has 0 aliphatic rings. The van der Waals surface area contributed by atoms with Gasteiger partial charge in [-0.2, -0.15) is 0 Å². The summed E-state index contributed by atoms with van der Waals surface area (Å²) in [6.45, 7) is 1.82. The van der Waals surface area contributed by atoms with Gasteiger partial charge in [-0.05, 0) is 52.7 Å². The molecule has 1 aromatic heterocycles. The van der Waals surface area contributed by atoms with Crippen molar-refractivity contribution in [2.45, 2.75) is 25.9 Å². The Morgan fingerprint density at radius 2 is 2.45 bits per heavy atom. The van der Waals surface area contributed by atoms with Gasteiger partial charge in [-0.25, -0.2) is 0 Å². The fourth-order valence-corrected chi connectivity index (χ4v) is 2.10. The van der Waals surface area contributed by atoms with Crippen LogP contribution < -0.4 is 0 Å². The van der Waals surface area contributed by atoms with Crippen LogP contribution in [0.4, 0.5) is 0 Å². The molecule has 62 valence electrons. The molecule has 3 heteroatoms. The molecule has 1 N–H and O–H groups in total. The van der Waals surface area contributed by atoms with Crippen molar-refractivity contribution in [1.82, 2.24) is 0 Å². The summed E-state index contributed by atoms with van der Waals surface area (Å²) < 4.78 is 1.16. The largest absolute Gasteiger partial charge is 0.393 e. The zero-order valence-corrected chi connectivity index (χ0v) is 8.78. The highest BCUT2D eigenvalue weighted by atomic mass is 79.9. The normalized spacial score (nSPS) is 13.4. The van der Waals surface area contributed by atoms with Crippen molar-refractivity contribution in [3.05, 3.63) is 20.8 Å². The Labute approximate surface area is 79.2 Å². The molecule has 0 unspecified atom stereocenters. The van der Waals surface area contributed by atoms with Gasteiger partial charge in [0.2, 0.25) is 0 Å². The van der Waals surface area contributed by atoms with E-state index in [1.165, 1.54) is 5.56 Å². The first-order chi connectivity index (χ1) is 5.18. The number of aryl methyl sites for hydroxylation is 1. The van der Waals surface area contributed by atoms with Gasteiger partial charge in [0.1, 0.15) is 0 Å². The number of aliphatic hydroxyl groups is 1. The third-order valence-electron chi connectivity index (χ3n) is 1.47. The molecule has 0 saturated carbocycles. The first kappa shape index (κ1) is 9.23. The Hall–Kier alpha value is 0.140. The Kier molecular flexibility index (Phi) is 3.55. The molecule has 1 nitrogen and oxygen atoms in total. The molecule has 0 saturated heterocycles. The maximum absolute atomic E-state index is 9.01. The van der Waals surface area contributed by atoms with Crippen LogP contribution in [0.3, 0.4) is 0 Å². The Bertz CT molecular complexity index is 220. The lowest BCUT2D eigenvalue weighted by atomic mass is 10.1. The van der Waals surface area contributed by atoms with Crippen molar-refractivity contribution >= 4 is 27.3 Å². The summed E-state index contributed by atoms with van der Waals surface area (Å²) in [5.41, 5.74) is 1.31. The van der Waals surface area contributed by atoms with Crippen LogP contribution in [-0.2, 0) is 6.42 Å². The van der Waals surface area contributed by atoms with Gasteiger partial charge in [-0.3, -0.25) is 0 Å². The van der Waals surface area contributed by atoms with Crippen molar-refractivity contribution in [2.75, 3.05) is 0 Å². The predicted octanol–water partition coefficient (Wildman–Crippen LogP) is 2.82. The number of hydrogen-bond donors (Lipinski definition) is 1. The molecule has 0 aliphatic carbocycles. The number of rotatable bonds is 3. The lowest BCUT2D eigenvalue weighted by Crippen LogP contribution is -2.00. The fraction of sp³-hybridized carbons (Fsp3) is 0.500. The first-order valence-corrected chi connectivity index (χ1v) is 5.26. The average Bonchev–Trinajstić information content (AvgIpc) is 2.31. The van der Waals surface area contributed by atoms with Crippen LogP contribution in [0.2, 0.25) is 0 Å². The molecular formula is C8H11BrOS. The van der Waals surface area contributed by atoms with Crippen LogP contribution in [0.15, 0.2) is 15.2 Å². The van der Waals surface area contributed by atoms with Gasteiger partial charge in [0.25, 0.3) is 0 Å². The lowest BCUT2D eigenvalue weighted by molar-refractivity contribution is 0.185. The van der Waals surface area contributed by atoms with Crippen LogP contribution in [0.5, 0.6) is 0 Å². The molecule has 1 rings (SSSR count). The van der Waals surface area contributed by atoms with Crippen LogP contribution in [0.25, 0.3) is 0 Å². The summed E-state index contributed by atoms with van der Waals surface area (Å²) in [4.78, 5) is 0. The van der Waals surface area contributed by atoms with Crippen molar-refractivity contribution in [2.24, 2.45) is 0 Å². The zero-order chi connectivity index (χ0) is 8.27. The monoisotopic (exact) mass is 234 g/mol. The van der Waals surface area contributed by atoms with E-state index in [1.54, 1.807) is 11.3 Å². The molecule has 0 aliphatic heterocycles. The van der Waals surface area contributed by atoms with Gasteiger partial charge in [-0.1, -0.05) is 0 Å². The SMILES string of the molecule is C[C@H](O)CCc1csc(Br)c1. The number of thiophene rings is 1. The van der Waals surface area contributed by atoms with E-state index in [0.29, 0.717) is 0 Å². The minimum atomic E-state index is -0.186. The van der Waals surface area contributed by atoms with Crippen molar-refractivity contribution < 1.29 is 5.11 Å². The standard InChI is InChI=1S/C8H11BrOS/c1-6(10)2-3-7-4-8(9)11-5-7/h4-6,10H,2-3H2,1H3/t6-/m0/s1. The molecule has 1 heterocycles. The van der Waals surface area contributed by atoms with E-state index in [1.807, 2.05) is 6.92 Å². The van der Waals surface area contributed by atoms with E-state index in [2.05, 4.69) is 27.4 Å². The van der Waals surface area contributed by atoms with Crippen LogP contribution in [-0.4, -0.2) is 11.2 Å². The smallest absolute Gasteiger partial charge is 0.0701 e. The Balaban J connectivity index is 2.39. The van der Waals surface area contributed by atoms with Crippen molar-refractivity contribution in [1.29, 1.82) is 0 Å². The van der Waals surface area contributed by atoms with Gasteiger partial charge in [0, 0.05) is 0 Å². The summed E-state index contributed by atoms with van der Waals surface area (Å²) in [5.74, 6) is 0. The molecule has 0 radical (unpaired) electrons. The van der Waals surface area contributed by atoms with Gasteiger partial charge < -0.3 is 5.11 Å². The predicted molar refractivity (Wildman–Crippen MR) is 52.0 cm³/mol. The third-order valence-corrected chi connectivity index (χ3v) is 3.03. The molecule has 0 spiro atoms. The number of halogens is 1. The van der Waals surface area contributed by atoms with Crippen molar-refractivity contribution in [3.63, 3.8) is 0 Å². The second kappa shape index (κ2) is 4.24. The van der Waals surface area contributed by atoms with E-state index in [4.69, 9.17) is 5.11 Å². The molecular weight excluding hydrogens is 224 g/mol. The van der Waals surface area contributed by atoms with Crippen LogP contribution >= 0.6 is 27.3 Å². The average molecular weight is 235 g/mol. The van der Waals surface area contributed by atoms with E-state index >= 15 is 0 Å². The first-order valence-electron chi connectivity index (χ1n) is 3.59. The quantitative estimate of drug-likeness (QED) is 0.854. The van der Waals surface area contributed by atoms with Gasteiger partial charge in [0.05, 0.1) is 9.89 Å². The van der Waals surface area contributed by atoms with E-state index in [9.17, 15) is 0 Å². The van der Waals surface area contributed by atoms with Crippen LogP contribution in [0.1, 0.15) is 18.9 Å². The van der Waals surface area contributed by atoms with E-state index in [0.717, 1.165) is 16.6 Å². The van der Waals surface area contributed by atoms with E-state index < -0.39 is 0 Å². The summed E-state index contributed by atoms with van der Waals surface area (Å²) in [5, 5.41) is 11.1. The molecule has 11 heavy (non-hydrogen) atoms. The van der Waals surface area contributed by atoms with E-state index in [-0.39, 0.29) is 6.10 Å². The molecule has 0 aromatic carbocycles. The highest BCUT2D eigenvalue weighted by Crippen LogP contribution is 2.21. The van der Waals surface area contributed by atoms with Gasteiger partial charge in [-0.15, -0.1) is 11.3 Å². The highest BCUT2D eigenvalue weighted by molar-refractivity contribution is 9.11. The molecule has 0 bridgehead atoms. The summed E-state index contributed by atoms with van der Waals surface area (Å²) in [6, 6.07) is 2.10. The van der Waals surface area contributed by atoms with Gasteiger partial charge >= 0.3 is 0 Å². The summed E-state index contributed by atoms with van der Waals surface area (Å²) >= 11 is 5.09. The van der Waals surface area contributed by atoms with Crippen LogP contribution in [0, 0.1) is 0 Å². The topological polar surface area (TPSA) is 20.2 Å². The zero-order valence-electron chi connectivity index (χ0n) is 6.38. The Morgan fingerprint density at radius 3 is 2.91 bits per heavy atom. The highest BCUT2D eigenvalue weighted by Gasteiger charge is 1.99. The molecule has 1 atom stereocenters. The summed E-state index contributed by atoms with van der Waals surface area (Å²) in [7, 11) is 0. The van der Waals surface area contributed by atoms with Crippen molar-refractivity contribution in [3.8, 4) is 0 Å². The van der Waals surface area contributed by atoms with Gasteiger partial charge in [0.15, 0.2) is 0 Å². The second-order valence-electron chi connectivity index (χ2n) is 2.65. The number of hydrogen-bond acceptors (Lipinski definition) is 2. The second-order valence-corrected chi connectivity index (χ2v) is 4.94. The Morgan fingerprint density at radius 1 is 1.73 bits per heavy atom. The summed E-state index contributed by atoms with van der Waals surface area (Å²) in [6.07, 6.45) is 1.64. The maximum Gasteiger partial charge on any atom is 0.0701 e. The fourth-order valence-electron chi connectivity index (χ4n) is 0.852. The molecule has 0 amide bonds. The number of aliphatic hydroxyl groups excluding tert-OH is 1. The third kappa shape index (κ3) is 3.36. The molecule has 0 fully saturated rings. The molecule has 1 aromatic rings. The lowest BCUT2D eigenvalue weighted by Gasteiger charge is -2.00. The minimum Gasteiger partial charge on any atom is -0.393 e.